The summed E-state index contributed by atoms with van der Waals surface area (Å²) in [6, 6.07) is 14.8. The topological polar surface area (TPSA) is 69.1 Å². The van der Waals surface area contributed by atoms with Gasteiger partial charge < -0.3 is 11.5 Å². The van der Waals surface area contributed by atoms with Crippen LogP contribution in [0, 0.1) is 5.92 Å². The summed E-state index contributed by atoms with van der Waals surface area (Å²) in [6.45, 7) is 6.66. The maximum atomic E-state index is 11.2. The Bertz CT molecular complexity index is 721. The number of carbonyl (C=O) groups is 1. The molecule has 0 saturated heterocycles. The fraction of sp³-hybridized carbons (Fsp3) is 0.435. The van der Waals surface area contributed by atoms with E-state index in [2.05, 4.69) is 63.2 Å². The lowest BCUT2D eigenvalue weighted by molar-refractivity contribution is -0.119. The van der Waals surface area contributed by atoms with Gasteiger partial charge in [-0.1, -0.05) is 63.2 Å². The molecule has 0 saturated carbocycles. The molecular formula is C23H32N2O. The standard InChI is InChI=1S/C23H32N2O/c1-4-17-6-8-18(9-7-17)12-16(3)13-21-14-19(10-11-20(21)5-2)15-22(24)23(25)26/h6-11,14,16,22H,4-5,12-13,15,24H2,1-3H3,(H2,25,26). The molecule has 0 aromatic heterocycles. The van der Waals surface area contributed by atoms with E-state index in [1.807, 2.05) is 0 Å². The molecule has 2 rings (SSSR count). The van der Waals surface area contributed by atoms with Crippen molar-refractivity contribution in [3.8, 4) is 0 Å². The van der Waals surface area contributed by atoms with Crippen molar-refractivity contribution < 1.29 is 4.79 Å². The van der Waals surface area contributed by atoms with Crippen LogP contribution in [0.15, 0.2) is 42.5 Å². The molecule has 2 aromatic carbocycles. The van der Waals surface area contributed by atoms with E-state index in [0.717, 1.165) is 31.2 Å². The Hall–Kier alpha value is -2.13. The van der Waals surface area contributed by atoms with E-state index in [1.54, 1.807) is 0 Å². The average Bonchev–Trinajstić information content (AvgIpc) is 2.62. The fourth-order valence-electron chi connectivity index (χ4n) is 3.46. The zero-order chi connectivity index (χ0) is 19.1. The molecule has 0 spiro atoms. The van der Waals surface area contributed by atoms with Crippen molar-refractivity contribution in [2.24, 2.45) is 17.4 Å². The monoisotopic (exact) mass is 352 g/mol. The molecule has 0 aliphatic rings. The first-order valence-corrected chi connectivity index (χ1v) is 9.66. The zero-order valence-electron chi connectivity index (χ0n) is 16.3. The average molecular weight is 353 g/mol. The minimum atomic E-state index is -0.621. The summed E-state index contributed by atoms with van der Waals surface area (Å²) in [7, 11) is 0. The highest BCUT2D eigenvalue weighted by atomic mass is 16.1. The van der Waals surface area contributed by atoms with Gasteiger partial charge in [-0.15, -0.1) is 0 Å². The minimum absolute atomic E-state index is 0.449. The van der Waals surface area contributed by atoms with Crippen molar-refractivity contribution in [1.82, 2.24) is 0 Å². The Morgan fingerprint density at radius 1 is 0.846 bits per heavy atom. The number of hydrogen-bond acceptors (Lipinski definition) is 2. The first-order chi connectivity index (χ1) is 12.4. The predicted molar refractivity (Wildman–Crippen MR) is 109 cm³/mol. The molecular weight excluding hydrogens is 320 g/mol. The van der Waals surface area contributed by atoms with E-state index in [-0.39, 0.29) is 0 Å². The number of hydrogen-bond donors (Lipinski definition) is 2. The van der Waals surface area contributed by atoms with Gasteiger partial charge in [-0.2, -0.15) is 0 Å². The molecule has 2 aromatic rings. The largest absolute Gasteiger partial charge is 0.368 e. The van der Waals surface area contributed by atoms with Crippen LogP contribution in [0.1, 0.15) is 48.6 Å². The van der Waals surface area contributed by atoms with Gasteiger partial charge in [0.2, 0.25) is 5.91 Å². The summed E-state index contributed by atoms with van der Waals surface area (Å²) in [5.74, 6) is 0.0999. The zero-order valence-corrected chi connectivity index (χ0v) is 16.3. The third-order valence-electron chi connectivity index (χ3n) is 5.06. The Kier molecular flexibility index (Phi) is 7.40. The van der Waals surface area contributed by atoms with Gasteiger partial charge in [-0.25, -0.2) is 0 Å². The van der Waals surface area contributed by atoms with Crippen molar-refractivity contribution >= 4 is 5.91 Å². The van der Waals surface area contributed by atoms with Crippen LogP contribution in [0.2, 0.25) is 0 Å². The summed E-state index contributed by atoms with van der Waals surface area (Å²) in [5, 5.41) is 0. The first-order valence-electron chi connectivity index (χ1n) is 9.66. The summed E-state index contributed by atoms with van der Waals surface area (Å²) in [5.41, 5.74) is 17.7. The van der Waals surface area contributed by atoms with Gasteiger partial charge in [0.25, 0.3) is 0 Å². The van der Waals surface area contributed by atoms with Gasteiger partial charge in [0.05, 0.1) is 6.04 Å². The molecule has 4 N–H and O–H groups in total. The van der Waals surface area contributed by atoms with Crippen LogP contribution >= 0.6 is 0 Å². The summed E-state index contributed by atoms with van der Waals surface area (Å²) < 4.78 is 0. The maximum absolute atomic E-state index is 11.2. The smallest absolute Gasteiger partial charge is 0.234 e. The molecule has 0 aliphatic carbocycles. The van der Waals surface area contributed by atoms with Crippen molar-refractivity contribution in [2.75, 3.05) is 0 Å². The molecule has 0 radical (unpaired) electrons. The third kappa shape index (κ3) is 5.70. The molecule has 0 bridgehead atoms. The third-order valence-corrected chi connectivity index (χ3v) is 5.06. The molecule has 0 fully saturated rings. The Morgan fingerprint density at radius 3 is 2.04 bits per heavy atom. The van der Waals surface area contributed by atoms with E-state index in [4.69, 9.17) is 11.5 Å². The molecule has 2 atom stereocenters. The normalized spacial score (nSPS) is 13.4. The Morgan fingerprint density at radius 2 is 1.46 bits per heavy atom. The second-order valence-electron chi connectivity index (χ2n) is 7.35. The van der Waals surface area contributed by atoms with Gasteiger partial charge in [-0.3, -0.25) is 4.79 Å². The van der Waals surface area contributed by atoms with E-state index < -0.39 is 11.9 Å². The van der Waals surface area contributed by atoms with Crippen LogP contribution in [0.3, 0.4) is 0 Å². The molecule has 3 nitrogen and oxygen atoms in total. The molecule has 140 valence electrons. The highest BCUT2D eigenvalue weighted by Gasteiger charge is 2.13. The van der Waals surface area contributed by atoms with Crippen LogP contribution in [-0.4, -0.2) is 11.9 Å². The lowest BCUT2D eigenvalue weighted by Crippen LogP contribution is -2.38. The first kappa shape index (κ1) is 20.2. The van der Waals surface area contributed by atoms with Crippen LogP contribution in [0.4, 0.5) is 0 Å². The molecule has 2 unspecified atom stereocenters. The number of carbonyl (C=O) groups excluding carboxylic acids is 1. The molecule has 0 aliphatic heterocycles. The van der Waals surface area contributed by atoms with E-state index in [0.29, 0.717) is 12.3 Å². The van der Waals surface area contributed by atoms with E-state index >= 15 is 0 Å². The van der Waals surface area contributed by atoms with Crippen molar-refractivity contribution in [3.63, 3.8) is 0 Å². The summed E-state index contributed by atoms with van der Waals surface area (Å²) in [4.78, 5) is 11.2. The van der Waals surface area contributed by atoms with Gasteiger partial charge in [0, 0.05) is 0 Å². The van der Waals surface area contributed by atoms with Gasteiger partial charge in [0.1, 0.15) is 0 Å². The highest BCUT2D eigenvalue weighted by molar-refractivity contribution is 5.79. The lowest BCUT2D eigenvalue weighted by Gasteiger charge is -2.17. The second-order valence-corrected chi connectivity index (χ2v) is 7.35. The highest BCUT2D eigenvalue weighted by Crippen LogP contribution is 2.21. The Balaban J connectivity index is 2.08. The number of primary amides is 1. The van der Waals surface area contributed by atoms with Crippen LogP contribution in [-0.2, 0) is 36.9 Å². The SMILES string of the molecule is CCc1ccc(CC(C)Cc2cc(CC(N)C(N)=O)ccc2CC)cc1. The molecule has 0 heterocycles. The van der Waals surface area contributed by atoms with Crippen molar-refractivity contribution in [1.29, 1.82) is 0 Å². The van der Waals surface area contributed by atoms with Crippen molar-refractivity contribution in [3.05, 3.63) is 70.3 Å². The molecule has 3 heteroatoms. The number of benzene rings is 2. The lowest BCUT2D eigenvalue weighted by atomic mass is 9.89. The van der Waals surface area contributed by atoms with E-state index in [9.17, 15) is 4.79 Å². The van der Waals surface area contributed by atoms with Crippen LogP contribution in [0.5, 0.6) is 0 Å². The minimum Gasteiger partial charge on any atom is -0.368 e. The number of rotatable bonds is 9. The number of nitrogens with two attached hydrogens (primary N) is 2. The summed E-state index contributed by atoms with van der Waals surface area (Å²) >= 11 is 0. The van der Waals surface area contributed by atoms with Crippen LogP contribution < -0.4 is 11.5 Å². The second kappa shape index (κ2) is 9.54. The Labute approximate surface area is 157 Å². The van der Waals surface area contributed by atoms with Gasteiger partial charge in [-0.05, 0) is 65.8 Å². The van der Waals surface area contributed by atoms with Gasteiger partial charge in [0.15, 0.2) is 0 Å². The molecule has 26 heavy (non-hydrogen) atoms. The number of aryl methyl sites for hydroxylation is 2. The summed E-state index contributed by atoms with van der Waals surface area (Å²) in [6.07, 6.45) is 4.68. The van der Waals surface area contributed by atoms with Crippen LogP contribution in [0.25, 0.3) is 0 Å². The molecule has 1 amide bonds. The number of amides is 1. The fourth-order valence-corrected chi connectivity index (χ4v) is 3.46. The van der Waals surface area contributed by atoms with Gasteiger partial charge >= 0.3 is 0 Å². The maximum Gasteiger partial charge on any atom is 0.234 e. The van der Waals surface area contributed by atoms with Crippen molar-refractivity contribution in [2.45, 2.75) is 58.9 Å². The predicted octanol–water partition coefficient (Wildman–Crippen LogP) is 3.59. The van der Waals surface area contributed by atoms with E-state index in [1.165, 1.54) is 22.3 Å². The quantitative estimate of drug-likeness (QED) is 0.724.